The Morgan fingerprint density at radius 3 is 2.50 bits per heavy atom. The number of nitrogens with one attached hydrogen (secondary N) is 1. The summed E-state index contributed by atoms with van der Waals surface area (Å²) >= 11 is 11.7. The first-order valence-electron chi connectivity index (χ1n) is 7.68. The molecule has 138 valence electrons. The number of benzene rings is 1. The lowest BCUT2D eigenvalue weighted by molar-refractivity contribution is 0.0981. The number of pyridine rings is 1. The molecule has 1 amide bonds. The summed E-state index contributed by atoms with van der Waals surface area (Å²) in [6, 6.07) is 7.17. The third kappa shape index (κ3) is 4.27. The van der Waals surface area contributed by atoms with E-state index in [1.54, 1.807) is 6.07 Å². The molecule has 0 aliphatic carbocycles. The molecule has 2 heterocycles. The normalized spacial score (nSPS) is 14.9. The van der Waals surface area contributed by atoms with E-state index >= 15 is 0 Å². The van der Waals surface area contributed by atoms with Crippen molar-refractivity contribution >= 4 is 45.0 Å². The lowest BCUT2D eigenvalue weighted by atomic mass is 10.2. The van der Waals surface area contributed by atoms with E-state index in [4.69, 9.17) is 27.9 Å². The van der Waals surface area contributed by atoms with Crippen molar-refractivity contribution in [3.63, 3.8) is 0 Å². The van der Waals surface area contributed by atoms with Crippen LogP contribution < -0.4 is 9.62 Å². The number of morpholine rings is 1. The average molecular weight is 416 g/mol. The zero-order chi connectivity index (χ0) is 18.7. The van der Waals surface area contributed by atoms with E-state index in [-0.39, 0.29) is 15.5 Å². The summed E-state index contributed by atoms with van der Waals surface area (Å²) in [5, 5.41) is 0.406. The topological polar surface area (TPSA) is 88.6 Å². The van der Waals surface area contributed by atoms with E-state index in [1.165, 1.54) is 30.5 Å². The van der Waals surface area contributed by atoms with Crippen LogP contribution in [0.25, 0.3) is 0 Å². The summed E-state index contributed by atoms with van der Waals surface area (Å²) in [6.45, 7) is 2.56. The zero-order valence-electron chi connectivity index (χ0n) is 13.5. The minimum atomic E-state index is -4.08. The predicted octanol–water partition coefficient (Wildman–Crippen LogP) is 2.34. The van der Waals surface area contributed by atoms with E-state index in [1.807, 2.05) is 9.62 Å². The van der Waals surface area contributed by atoms with Crippen LogP contribution in [0.5, 0.6) is 0 Å². The van der Waals surface area contributed by atoms with Gasteiger partial charge in [0.15, 0.2) is 0 Å². The van der Waals surface area contributed by atoms with Crippen molar-refractivity contribution in [2.24, 2.45) is 0 Å². The second-order valence-electron chi connectivity index (χ2n) is 5.51. The first-order chi connectivity index (χ1) is 12.4. The Morgan fingerprint density at radius 2 is 1.88 bits per heavy atom. The highest BCUT2D eigenvalue weighted by atomic mass is 35.5. The third-order valence-electron chi connectivity index (χ3n) is 3.77. The lowest BCUT2D eigenvalue weighted by Crippen LogP contribution is -2.36. The maximum atomic E-state index is 12.4. The second kappa shape index (κ2) is 7.79. The highest BCUT2D eigenvalue weighted by Gasteiger charge is 2.21. The molecule has 0 radical (unpaired) electrons. The molecule has 0 saturated carbocycles. The summed E-state index contributed by atoms with van der Waals surface area (Å²) in [6.07, 6.45) is 1.21. The Balaban J connectivity index is 1.76. The van der Waals surface area contributed by atoms with Crippen LogP contribution in [-0.2, 0) is 14.8 Å². The van der Waals surface area contributed by atoms with Crippen molar-refractivity contribution < 1.29 is 17.9 Å². The average Bonchev–Trinajstić information content (AvgIpc) is 2.62. The minimum absolute atomic E-state index is 0.0116. The van der Waals surface area contributed by atoms with Gasteiger partial charge >= 0.3 is 0 Å². The highest BCUT2D eigenvalue weighted by molar-refractivity contribution is 7.90. The first kappa shape index (κ1) is 18.9. The summed E-state index contributed by atoms with van der Waals surface area (Å²) in [5.41, 5.74) is 0.0116. The largest absolute Gasteiger partial charge is 0.378 e. The van der Waals surface area contributed by atoms with Crippen molar-refractivity contribution in [2.75, 3.05) is 31.2 Å². The van der Waals surface area contributed by atoms with Crippen LogP contribution >= 0.6 is 23.2 Å². The van der Waals surface area contributed by atoms with Gasteiger partial charge in [-0.15, -0.1) is 0 Å². The molecule has 0 unspecified atom stereocenters. The number of aromatic nitrogens is 1. The molecule has 1 N–H and O–H groups in total. The van der Waals surface area contributed by atoms with Crippen LogP contribution in [-0.4, -0.2) is 45.6 Å². The number of sulfonamides is 1. The van der Waals surface area contributed by atoms with E-state index in [0.717, 1.165) is 0 Å². The van der Waals surface area contributed by atoms with Gasteiger partial charge in [0, 0.05) is 24.3 Å². The van der Waals surface area contributed by atoms with E-state index < -0.39 is 15.9 Å². The van der Waals surface area contributed by atoms with Gasteiger partial charge in [0.2, 0.25) is 0 Å². The fourth-order valence-electron chi connectivity index (χ4n) is 2.42. The van der Waals surface area contributed by atoms with Crippen molar-refractivity contribution in [1.29, 1.82) is 0 Å². The minimum Gasteiger partial charge on any atom is -0.378 e. The predicted molar refractivity (Wildman–Crippen MR) is 98.4 cm³/mol. The summed E-state index contributed by atoms with van der Waals surface area (Å²) in [5.74, 6) is -0.191. The number of hydrogen-bond acceptors (Lipinski definition) is 6. The van der Waals surface area contributed by atoms with Crippen LogP contribution in [0.2, 0.25) is 10.0 Å². The lowest BCUT2D eigenvalue weighted by Gasteiger charge is -2.27. The Bertz CT molecular complexity index is 914. The molecular weight excluding hydrogens is 401 g/mol. The number of hydrogen-bond donors (Lipinski definition) is 1. The Kier molecular flexibility index (Phi) is 5.67. The highest BCUT2D eigenvalue weighted by Crippen LogP contribution is 2.22. The number of amides is 1. The molecule has 10 heteroatoms. The van der Waals surface area contributed by atoms with Gasteiger partial charge in [0.25, 0.3) is 15.9 Å². The van der Waals surface area contributed by atoms with Gasteiger partial charge in [-0.3, -0.25) is 4.79 Å². The van der Waals surface area contributed by atoms with Crippen molar-refractivity contribution in [3.8, 4) is 0 Å². The van der Waals surface area contributed by atoms with Crippen LogP contribution in [0.3, 0.4) is 0 Å². The SMILES string of the molecule is O=C(NS(=O)(=O)c1ccc(N2CCOCC2)nc1)c1ccc(Cl)cc1Cl. The molecule has 2 aromatic rings. The van der Waals surface area contributed by atoms with Crippen LogP contribution in [0, 0.1) is 0 Å². The fourth-order valence-corrected chi connectivity index (χ4v) is 3.83. The Labute approximate surface area is 160 Å². The quantitative estimate of drug-likeness (QED) is 0.823. The molecule has 1 aromatic heterocycles. The molecule has 0 spiro atoms. The fraction of sp³-hybridized carbons (Fsp3) is 0.250. The van der Waals surface area contributed by atoms with Crippen molar-refractivity contribution in [1.82, 2.24) is 9.71 Å². The van der Waals surface area contributed by atoms with Gasteiger partial charge in [-0.1, -0.05) is 23.2 Å². The molecular formula is C16H15Cl2N3O4S. The van der Waals surface area contributed by atoms with Gasteiger partial charge in [-0.05, 0) is 30.3 Å². The molecule has 1 saturated heterocycles. The summed E-state index contributed by atoms with van der Waals surface area (Å²) in [4.78, 5) is 18.3. The molecule has 26 heavy (non-hydrogen) atoms. The maximum absolute atomic E-state index is 12.4. The number of nitrogens with zero attached hydrogens (tertiary/aromatic N) is 2. The Hall–Kier alpha value is -1.87. The molecule has 0 bridgehead atoms. The smallest absolute Gasteiger partial charge is 0.266 e. The number of ether oxygens (including phenoxy) is 1. The van der Waals surface area contributed by atoms with E-state index in [9.17, 15) is 13.2 Å². The second-order valence-corrected chi connectivity index (χ2v) is 8.04. The molecule has 0 atom stereocenters. The third-order valence-corrected chi connectivity index (χ3v) is 5.63. The standard InChI is InChI=1S/C16H15Cl2N3O4S/c17-11-1-3-13(14(18)9-11)16(22)20-26(23,24)12-2-4-15(19-10-12)21-5-7-25-8-6-21/h1-4,9-10H,5-8H2,(H,20,22). The Morgan fingerprint density at radius 1 is 1.15 bits per heavy atom. The van der Waals surface area contributed by atoms with Gasteiger partial charge in [0.1, 0.15) is 10.7 Å². The molecule has 1 aromatic carbocycles. The molecule has 7 nitrogen and oxygen atoms in total. The number of carbonyl (C=O) groups is 1. The van der Waals surface area contributed by atoms with Gasteiger partial charge in [0.05, 0.1) is 23.8 Å². The molecule has 1 aliphatic heterocycles. The summed E-state index contributed by atoms with van der Waals surface area (Å²) < 4.78 is 32.1. The summed E-state index contributed by atoms with van der Waals surface area (Å²) in [7, 11) is -4.08. The van der Waals surface area contributed by atoms with Gasteiger partial charge < -0.3 is 9.64 Å². The van der Waals surface area contributed by atoms with Crippen molar-refractivity contribution in [2.45, 2.75) is 4.90 Å². The van der Waals surface area contributed by atoms with Gasteiger partial charge in [-0.25, -0.2) is 18.1 Å². The zero-order valence-corrected chi connectivity index (χ0v) is 15.8. The number of rotatable bonds is 4. The van der Waals surface area contributed by atoms with Gasteiger partial charge in [-0.2, -0.15) is 0 Å². The van der Waals surface area contributed by atoms with Crippen LogP contribution in [0.4, 0.5) is 5.82 Å². The van der Waals surface area contributed by atoms with Crippen LogP contribution in [0.1, 0.15) is 10.4 Å². The maximum Gasteiger partial charge on any atom is 0.266 e. The van der Waals surface area contributed by atoms with E-state index in [0.29, 0.717) is 37.1 Å². The monoisotopic (exact) mass is 415 g/mol. The number of carbonyl (C=O) groups excluding carboxylic acids is 1. The van der Waals surface area contributed by atoms with E-state index in [2.05, 4.69) is 4.98 Å². The van der Waals surface area contributed by atoms with Crippen molar-refractivity contribution in [3.05, 3.63) is 52.1 Å². The molecule has 3 rings (SSSR count). The molecule has 1 fully saturated rings. The van der Waals surface area contributed by atoms with Crippen LogP contribution in [0.15, 0.2) is 41.4 Å². The first-order valence-corrected chi connectivity index (χ1v) is 9.92. The molecule has 1 aliphatic rings. The number of halogens is 2. The number of anilines is 1.